The molecule has 0 saturated carbocycles. The molecule has 0 unspecified atom stereocenters. The molecule has 0 radical (unpaired) electrons. The molecule has 1 amide bonds. The molecule has 1 aromatic heterocycles. The molecule has 3 aromatic carbocycles. The van der Waals surface area contributed by atoms with Gasteiger partial charge in [-0.2, -0.15) is 5.10 Å². The van der Waals surface area contributed by atoms with Gasteiger partial charge >= 0.3 is 0 Å². The van der Waals surface area contributed by atoms with Gasteiger partial charge in [0.05, 0.1) is 6.21 Å². The Morgan fingerprint density at radius 2 is 1.74 bits per heavy atom. The summed E-state index contributed by atoms with van der Waals surface area (Å²) in [5, 5.41) is 5.24. The number of hydrazone groups is 1. The van der Waals surface area contributed by atoms with Crippen LogP contribution in [-0.4, -0.2) is 29.4 Å². The molecule has 0 spiro atoms. The number of fused-ring (bicyclic) bond motifs is 2. The Morgan fingerprint density at radius 1 is 1.00 bits per heavy atom. The molecule has 154 valence electrons. The number of para-hydroxylation sites is 3. The summed E-state index contributed by atoms with van der Waals surface area (Å²) in [4.78, 5) is 12.5. The van der Waals surface area contributed by atoms with Crippen molar-refractivity contribution in [2.75, 3.05) is 6.61 Å². The maximum Gasteiger partial charge on any atom is 0.284 e. The zero-order chi connectivity index (χ0) is 21.0. The topological polar surface area (TPSA) is 64.9 Å². The second-order valence-electron chi connectivity index (χ2n) is 7.31. The minimum absolute atomic E-state index is 0.148. The zero-order valence-electron chi connectivity index (χ0n) is 16.8. The molecular weight excluding hydrogens is 390 g/mol. The minimum Gasteiger partial charge on any atom is -0.485 e. The number of carbonyl (C=O) groups excluding carboxylic acids is 1. The van der Waals surface area contributed by atoms with E-state index in [-0.39, 0.29) is 12.5 Å². The summed E-state index contributed by atoms with van der Waals surface area (Å²) in [6.07, 6.45) is 2.97. The Balaban J connectivity index is 1.31. The molecule has 4 aromatic rings. The maximum absolute atomic E-state index is 12.5. The number of hydrogen-bond donors (Lipinski definition) is 1. The van der Waals surface area contributed by atoms with Crippen LogP contribution >= 0.6 is 0 Å². The number of amides is 1. The summed E-state index contributed by atoms with van der Waals surface area (Å²) < 4.78 is 13.5. The van der Waals surface area contributed by atoms with Crippen LogP contribution in [-0.2, 0) is 11.3 Å². The molecule has 1 aliphatic rings. The number of nitrogens with one attached hydrogen (secondary N) is 1. The van der Waals surface area contributed by atoms with Crippen molar-refractivity contribution in [1.82, 2.24) is 9.99 Å². The van der Waals surface area contributed by atoms with Gasteiger partial charge in [-0.3, -0.25) is 4.79 Å². The fourth-order valence-corrected chi connectivity index (χ4v) is 3.68. The molecule has 0 bridgehead atoms. The van der Waals surface area contributed by atoms with E-state index in [1.165, 1.54) is 5.56 Å². The van der Waals surface area contributed by atoms with Crippen molar-refractivity contribution in [3.8, 4) is 11.5 Å². The Morgan fingerprint density at radius 3 is 2.61 bits per heavy atom. The number of ether oxygens (including phenoxy) is 2. The van der Waals surface area contributed by atoms with Crippen LogP contribution in [0.4, 0.5) is 0 Å². The van der Waals surface area contributed by atoms with Crippen molar-refractivity contribution in [3.63, 3.8) is 0 Å². The van der Waals surface area contributed by atoms with E-state index in [2.05, 4.69) is 39.4 Å². The van der Waals surface area contributed by atoms with E-state index in [0.29, 0.717) is 11.5 Å². The van der Waals surface area contributed by atoms with Crippen molar-refractivity contribution >= 4 is 23.0 Å². The van der Waals surface area contributed by atoms with Gasteiger partial charge in [-0.15, -0.1) is 0 Å². The Hall–Kier alpha value is -4.06. The van der Waals surface area contributed by atoms with Gasteiger partial charge in [-0.25, -0.2) is 5.43 Å². The van der Waals surface area contributed by atoms with E-state index in [0.717, 1.165) is 23.0 Å². The number of rotatable bonds is 5. The largest absolute Gasteiger partial charge is 0.485 e. The number of hydrogen-bond acceptors (Lipinski definition) is 4. The third-order valence-electron chi connectivity index (χ3n) is 5.19. The highest BCUT2D eigenvalue weighted by atomic mass is 16.6. The van der Waals surface area contributed by atoms with Crippen LogP contribution in [0.1, 0.15) is 11.1 Å². The van der Waals surface area contributed by atoms with Crippen LogP contribution in [0, 0.1) is 0 Å². The second kappa shape index (κ2) is 8.36. The summed E-state index contributed by atoms with van der Waals surface area (Å²) in [6.45, 7) is 0.906. The van der Waals surface area contributed by atoms with Crippen molar-refractivity contribution in [1.29, 1.82) is 0 Å². The monoisotopic (exact) mass is 411 g/mol. The van der Waals surface area contributed by atoms with Gasteiger partial charge < -0.3 is 14.0 Å². The van der Waals surface area contributed by atoms with E-state index < -0.39 is 6.10 Å². The molecule has 0 fully saturated rings. The normalized spacial score (nSPS) is 15.3. The summed E-state index contributed by atoms with van der Waals surface area (Å²) in [7, 11) is 0. The predicted octanol–water partition coefficient (Wildman–Crippen LogP) is 3.98. The minimum atomic E-state index is -0.744. The summed E-state index contributed by atoms with van der Waals surface area (Å²) >= 11 is 0. The highest BCUT2D eigenvalue weighted by Crippen LogP contribution is 2.30. The van der Waals surface area contributed by atoms with Gasteiger partial charge in [-0.05, 0) is 23.8 Å². The van der Waals surface area contributed by atoms with E-state index in [4.69, 9.17) is 9.47 Å². The van der Waals surface area contributed by atoms with Crippen LogP contribution in [0.5, 0.6) is 11.5 Å². The van der Waals surface area contributed by atoms with Crippen LogP contribution in [0.25, 0.3) is 10.9 Å². The first-order chi connectivity index (χ1) is 15.3. The lowest BCUT2D eigenvalue weighted by atomic mass is 10.2. The van der Waals surface area contributed by atoms with Crippen LogP contribution < -0.4 is 14.9 Å². The Kier molecular flexibility index (Phi) is 5.10. The first-order valence-corrected chi connectivity index (χ1v) is 10.1. The van der Waals surface area contributed by atoms with E-state index >= 15 is 0 Å². The highest BCUT2D eigenvalue weighted by Gasteiger charge is 2.27. The summed E-state index contributed by atoms with van der Waals surface area (Å²) in [5.41, 5.74) is 5.83. The molecular formula is C25H21N3O3. The number of nitrogens with zero attached hydrogens (tertiary/aromatic N) is 2. The fraction of sp³-hybridized carbons (Fsp3) is 0.120. The first kappa shape index (κ1) is 18.9. The molecule has 31 heavy (non-hydrogen) atoms. The van der Waals surface area contributed by atoms with Crippen molar-refractivity contribution < 1.29 is 14.3 Å². The molecule has 5 rings (SSSR count). The molecule has 1 atom stereocenters. The quantitative estimate of drug-likeness (QED) is 0.399. The number of carbonyl (C=O) groups is 1. The highest BCUT2D eigenvalue weighted by molar-refractivity contribution is 5.99. The molecule has 0 saturated heterocycles. The molecule has 0 aliphatic carbocycles. The fourth-order valence-electron chi connectivity index (χ4n) is 3.68. The third-order valence-corrected chi connectivity index (χ3v) is 5.19. The van der Waals surface area contributed by atoms with Crippen molar-refractivity contribution in [3.05, 3.63) is 96.2 Å². The SMILES string of the molecule is O=C(NN=Cc1cn(Cc2ccccc2)c2ccccc12)[C@@H]1COc2ccccc2O1. The Bertz CT molecular complexity index is 1250. The van der Waals surface area contributed by atoms with Crippen molar-refractivity contribution in [2.45, 2.75) is 12.6 Å². The molecule has 1 aliphatic heterocycles. The van der Waals surface area contributed by atoms with Crippen LogP contribution in [0.15, 0.2) is 90.2 Å². The van der Waals surface area contributed by atoms with Gasteiger partial charge in [0, 0.05) is 29.2 Å². The van der Waals surface area contributed by atoms with Gasteiger partial charge in [-0.1, -0.05) is 60.7 Å². The number of aromatic nitrogens is 1. The van der Waals surface area contributed by atoms with E-state index in [1.54, 1.807) is 12.3 Å². The third kappa shape index (κ3) is 4.00. The number of benzene rings is 3. The molecule has 1 N–H and O–H groups in total. The zero-order valence-corrected chi connectivity index (χ0v) is 16.8. The van der Waals surface area contributed by atoms with Crippen LogP contribution in [0.3, 0.4) is 0 Å². The maximum atomic E-state index is 12.5. The van der Waals surface area contributed by atoms with Gasteiger partial charge in [0.1, 0.15) is 6.61 Å². The predicted molar refractivity (Wildman–Crippen MR) is 120 cm³/mol. The van der Waals surface area contributed by atoms with Gasteiger partial charge in [0.2, 0.25) is 6.10 Å². The Labute approximate surface area is 179 Å². The van der Waals surface area contributed by atoms with Crippen LogP contribution in [0.2, 0.25) is 0 Å². The van der Waals surface area contributed by atoms with Gasteiger partial charge in [0.25, 0.3) is 5.91 Å². The lowest BCUT2D eigenvalue weighted by molar-refractivity contribution is -0.130. The standard InChI is InChI=1S/C25H21N3O3/c29-25(24-17-30-22-12-6-7-13-23(22)31-24)27-26-14-19-16-28(15-18-8-2-1-3-9-18)21-11-5-4-10-20(19)21/h1-14,16,24H,15,17H2,(H,27,29)/t24-/m0/s1. The van der Waals surface area contributed by atoms with Gasteiger partial charge in [0.15, 0.2) is 11.5 Å². The second-order valence-corrected chi connectivity index (χ2v) is 7.31. The van der Waals surface area contributed by atoms with E-state index in [1.807, 2.05) is 54.7 Å². The first-order valence-electron chi connectivity index (χ1n) is 10.1. The lowest BCUT2D eigenvalue weighted by Gasteiger charge is -2.24. The molecule has 6 heteroatoms. The van der Waals surface area contributed by atoms with E-state index in [9.17, 15) is 4.79 Å². The smallest absolute Gasteiger partial charge is 0.284 e. The summed E-state index contributed by atoms with van der Waals surface area (Å²) in [5.74, 6) is 0.849. The lowest BCUT2D eigenvalue weighted by Crippen LogP contribution is -2.42. The molecule has 2 heterocycles. The molecule has 6 nitrogen and oxygen atoms in total. The van der Waals surface area contributed by atoms with Crippen molar-refractivity contribution in [2.24, 2.45) is 5.10 Å². The average molecular weight is 411 g/mol. The summed E-state index contributed by atoms with van der Waals surface area (Å²) in [6, 6.07) is 25.7. The average Bonchev–Trinajstić information content (AvgIpc) is 3.17.